The molecule has 0 saturated heterocycles. The van der Waals surface area contributed by atoms with E-state index in [1.54, 1.807) is 25.2 Å². The third-order valence-electron chi connectivity index (χ3n) is 2.18. The molecule has 0 unspecified atom stereocenters. The van der Waals surface area contributed by atoms with E-state index in [0.29, 0.717) is 16.3 Å². The third kappa shape index (κ3) is 1.08. The lowest BCUT2D eigenvalue weighted by Crippen LogP contribution is -2.25. The van der Waals surface area contributed by atoms with Gasteiger partial charge in [-0.15, -0.1) is 0 Å². The van der Waals surface area contributed by atoms with Crippen molar-refractivity contribution in [1.82, 2.24) is 0 Å². The SMILES string of the molecule is CN1C(=O)/C(=N\O)c2ccc(Cl)cc21. The van der Waals surface area contributed by atoms with Crippen molar-refractivity contribution in [3.63, 3.8) is 0 Å². The Morgan fingerprint density at radius 1 is 1.50 bits per heavy atom. The number of amides is 1. The van der Waals surface area contributed by atoms with E-state index < -0.39 is 0 Å². The topological polar surface area (TPSA) is 52.9 Å². The van der Waals surface area contributed by atoms with Gasteiger partial charge in [-0.2, -0.15) is 0 Å². The molecule has 0 aromatic heterocycles. The van der Waals surface area contributed by atoms with Gasteiger partial charge in [-0.1, -0.05) is 16.8 Å². The second-order valence-electron chi connectivity index (χ2n) is 2.97. The second-order valence-corrected chi connectivity index (χ2v) is 3.41. The maximum Gasteiger partial charge on any atom is 0.280 e. The fourth-order valence-corrected chi connectivity index (χ4v) is 1.63. The van der Waals surface area contributed by atoms with E-state index in [-0.39, 0.29) is 11.6 Å². The molecule has 0 spiro atoms. The van der Waals surface area contributed by atoms with Crippen molar-refractivity contribution in [2.24, 2.45) is 5.16 Å². The number of hydrogen-bond donors (Lipinski definition) is 1. The molecular formula is C9H7ClN2O2. The highest BCUT2D eigenvalue weighted by atomic mass is 35.5. The zero-order valence-corrected chi connectivity index (χ0v) is 8.12. The van der Waals surface area contributed by atoms with Crippen molar-refractivity contribution in [3.8, 4) is 0 Å². The molecule has 1 N–H and O–H groups in total. The monoisotopic (exact) mass is 210 g/mol. The van der Waals surface area contributed by atoms with Gasteiger partial charge in [0.15, 0.2) is 5.71 Å². The minimum absolute atomic E-state index is 0.0548. The number of carbonyl (C=O) groups excluding carboxylic acids is 1. The quantitative estimate of drug-likeness (QED) is 0.521. The predicted molar refractivity (Wildman–Crippen MR) is 53.2 cm³/mol. The molecule has 1 aliphatic heterocycles. The Morgan fingerprint density at radius 3 is 2.86 bits per heavy atom. The van der Waals surface area contributed by atoms with Crippen molar-refractivity contribution in [1.29, 1.82) is 0 Å². The number of hydrogen-bond acceptors (Lipinski definition) is 3. The van der Waals surface area contributed by atoms with Gasteiger partial charge in [0.05, 0.1) is 5.69 Å². The summed E-state index contributed by atoms with van der Waals surface area (Å²) in [6, 6.07) is 4.97. The number of oxime groups is 1. The largest absolute Gasteiger partial charge is 0.410 e. The van der Waals surface area contributed by atoms with Crippen LogP contribution in [0.4, 0.5) is 5.69 Å². The van der Waals surface area contributed by atoms with E-state index in [4.69, 9.17) is 16.8 Å². The van der Waals surface area contributed by atoms with Gasteiger partial charge in [-0.3, -0.25) is 4.79 Å². The third-order valence-corrected chi connectivity index (χ3v) is 2.42. The van der Waals surface area contributed by atoms with E-state index in [2.05, 4.69) is 5.16 Å². The Hall–Kier alpha value is -1.55. The van der Waals surface area contributed by atoms with Crippen LogP contribution >= 0.6 is 11.6 Å². The minimum Gasteiger partial charge on any atom is -0.410 e. The molecule has 0 fully saturated rings. The van der Waals surface area contributed by atoms with Gasteiger partial charge in [0.25, 0.3) is 5.91 Å². The molecule has 72 valence electrons. The summed E-state index contributed by atoms with van der Waals surface area (Å²) in [7, 11) is 1.61. The average molecular weight is 211 g/mol. The molecule has 5 heteroatoms. The number of nitrogens with zero attached hydrogens (tertiary/aromatic N) is 2. The summed E-state index contributed by atoms with van der Waals surface area (Å²) in [5, 5.41) is 12.2. The molecule has 14 heavy (non-hydrogen) atoms. The molecule has 0 atom stereocenters. The van der Waals surface area contributed by atoms with E-state index in [9.17, 15) is 4.79 Å². The van der Waals surface area contributed by atoms with Crippen LogP contribution in [0.2, 0.25) is 5.02 Å². The standard InChI is InChI=1S/C9H7ClN2O2/c1-12-7-4-5(10)2-3-6(7)8(11-14)9(12)13/h2-4,14H,1H3/b11-8-. The van der Waals surface area contributed by atoms with Gasteiger partial charge < -0.3 is 10.1 Å². The molecule has 0 bridgehead atoms. The van der Waals surface area contributed by atoms with Crippen molar-refractivity contribution in [2.45, 2.75) is 0 Å². The fourth-order valence-electron chi connectivity index (χ4n) is 1.46. The lowest BCUT2D eigenvalue weighted by Gasteiger charge is -2.08. The normalized spacial score (nSPS) is 17.7. The Labute approximate surface area is 85.4 Å². The lowest BCUT2D eigenvalue weighted by molar-refractivity contribution is -0.112. The summed E-state index contributed by atoms with van der Waals surface area (Å²) in [6.07, 6.45) is 0. The number of likely N-dealkylation sites (N-methyl/N-ethyl adjacent to an activating group) is 1. The summed E-state index contributed by atoms with van der Waals surface area (Å²) in [5.41, 5.74) is 1.32. The summed E-state index contributed by atoms with van der Waals surface area (Å²) < 4.78 is 0. The van der Waals surface area contributed by atoms with E-state index in [0.717, 1.165) is 0 Å². The van der Waals surface area contributed by atoms with Crippen LogP contribution in [0.5, 0.6) is 0 Å². The number of fused-ring (bicyclic) bond motifs is 1. The number of anilines is 1. The summed E-state index contributed by atoms with van der Waals surface area (Å²) in [5.74, 6) is -0.329. The van der Waals surface area contributed by atoms with E-state index in [1.807, 2.05) is 0 Å². The second kappa shape index (κ2) is 2.99. The average Bonchev–Trinajstić information content (AvgIpc) is 2.41. The Kier molecular flexibility index (Phi) is 1.93. The molecule has 4 nitrogen and oxygen atoms in total. The number of rotatable bonds is 0. The molecule has 1 aromatic rings. The van der Waals surface area contributed by atoms with E-state index >= 15 is 0 Å². The smallest absolute Gasteiger partial charge is 0.280 e. The Bertz CT molecular complexity index is 442. The summed E-state index contributed by atoms with van der Waals surface area (Å²) in [6.45, 7) is 0. The number of halogens is 1. The zero-order valence-electron chi connectivity index (χ0n) is 7.36. The molecule has 1 aliphatic rings. The van der Waals surface area contributed by atoms with Gasteiger partial charge in [0, 0.05) is 17.6 Å². The Morgan fingerprint density at radius 2 is 2.21 bits per heavy atom. The van der Waals surface area contributed by atoms with Gasteiger partial charge in [-0.25, -0.2) is 0 Å². The molecule has 1 aromatic carbocycles. The Balaban J connectivity index is 2.67. The predicted octanol–water partition coefficient (Wildman–Crippen LogP) is 1.49. The van der Waals surface area contributed by atoms with Crippen LogP contribution in [0.3, 0.4) is 0 Å². The van der Waals surface area contributed by atoms with Crippen LogP contribution in [-0.2, 0) is 4.79 Å². The van der Waals surface area contributed by atoms with Gasteiger partial charge in [0.2, 0.25) is 0 Å². The molecule has 0 aliphatic carbocycles. The zero-order chi connectivity index (χ0) is 10.3. The minimum atomic E-state index is -0.329. The highest BCUT2D eigenvalue weighted by Crippen LogP contribution is 2.30. The first-order chi connectivity index (χ1) is 6.65. The molecule has 1 amide bonds. The molecule has 2 rings (SSSR count). The maximum absolute atomic E-state index is 11.5. The van der Waals surface area contributed by atoms with Crippen molar-refractivity contribution in [3.05, 3.63) is 28.8 Å². The highest BCUT2D eigenvalue weighted by Gasteiger charge is 2.31. The number of carbonyl (C=O) groups is 1. The van der Waals surface area contributed by atoms with Crippen molar-refractivity contribution < 1.29 is 10.0 Å². The fraction of sp³-hybridized carbons (Fsp3) is 0.111. The maximum atomic E-state index is 11.5. The molecule has 0 saturated carbocycles. The molecule has 0 radical (unpaired) electrons. The van der Waals surface area contributed by atoms with Crippen LogP contribution < -0.4 is 4.90 Å². The first-order valence-electron chi connectivity index (χ1n) is 3.95. The molecular weight excluding hydrogens is 204 g/mol. The number of benzene rings is 1. The van der Waals surface area contributed by atoms with Crippen LogP contribution in [0.15, 0.2) is 23.4 Å². The molecule has 1 heterocycles. The van der Waals surface area contributed by atoms with Crippen molar-refractivity contribution >= 4 is 28.9 Å². The van der Waals surface area contributed by atoms with Gasteiger partial charge >= 0.3 is 0 Å². The van der Waals surface area contributed by atoms with Crippen LogP contribution in [0, 0.1) is 0 Å². The van der Waals surface area contributed by atoms with Gasteiger partial charge in [0.1, 0.15) is 0 Å². The van der Waals surface area contributed by atoms with Crippen molar-refractivity contribution in [2.75, 3.05) is 11.9 Å². The first kappa shape index (κ1) is 9.02. The van der Waals surface area contributed by atoms with Crippen LogP contribution in [0.25, 0.3) is 0 Å². The highest BCUT2D eigenvalue weighted by molar-refractivity contribution is 6.54. The summed E-state index contributed by atoms with van der Waals surface area (Å²) >= 11 is 5.79. The van der Waals surface area contributed by atoms with Crippen LogP contribution in [-0.4, -0.2) is 23.9 Å². The first-order valence-corrected chi connectivity index (χ1v) is 4.33. The summed E-state index contributed by atoms with van der Waals surface area (Å²) in [4.78, 5) is 12.9. The van der Waals surface area contributed by atoms with Gasteiger partial charge in [-0.05, 0) is 18.2 Å². The van der Waals surface area contributed by atoms with Crippen LogP contribution in [0.1, 0.15) is 5.56 Å². The van der Waals surface area contributed by atoms with E-state index in [1.165, 1.54) is 4.90 Å². The lowest BCUT2D eigenvalue weighted by atomic mass is 10.1.